The summed E-state index contributed by atoms with van der Waals surface area (Å²) in [5, 5.41) is 3.17. The molecule has 0 aliphatic carbocycles. The summed E-state index contributed by atoms with van der Waals surface area (Å²) < 4.78 is 12.1. The zero-order valence-corrected chi connectivity index (χ0v) is 13.7. The maximum Gasteiger partial charge on any atom is 0.224 e. The summed E-state index contributed by atoms with van der Waals surface area (Å²) in [4.78, 5) is 8.76. The van der Waals surface area contributed by atoms with Gasteiger partial charge in [-0.3, -0.25) is 0 Å². The molecule has 0 atom stereocenters. The summed E-state index contributed by atoms with van der Waals surface area (Å²) in [5.41, 5.74) is 0. The second-order valence-electron chi connectivity index (χ2n) is 4.21. The van der Waals surface area contributed by atoms with Crippen LogP contribution in [0.5, 0.6) is 11.6 Å². The minimum absolute atomic E-state index is 0.363. The van der Waals surface area contributed by atoms with E-state index in [4.69, 9.17) is 9.47 Å². The van der Waals surface area contributed by atoms with Crippen molar-refractivity contribution in [3.8, 4) is 11.6 Å². The molecule has 6 heteroatoms. The summed E-state index contributed by atoms with van der Waals surface area (Å²) in [7, 11) is 0. The number of aromatic nitrogens is 2. The van der Waals surface area contributed by atoms with Crippen molar-refractivity contribution in [1.82, 2.24) is 9.97 Å². The maximum atomic E-state index is 5.82. The Bertz CT molecular complexity index is 593. The predicted octanol–water partition coefficient (Wildman–Crippen LogP) is 4.00. The van der Waals surface area contributed by atoms with Crippen LogP contribution in [0, 0.1) is 0 Å². The Morgan fingerprint density at radius 3 is 2.71 bits per heavy atom. The molecule has 0 saturated heterocycles. The van der Waals surface area contributed by atoms with Gasteiger partial charge in [0, 0.05) is 19.2 Å². The number of ether oxygens (including phenoxy) is 2. The molecule has 0 amide bonds. The van der Waals surface area contributed by atoms with Gasteiger partial charge in [-0.1, -0.05) is 12.1 Å². The summed E-state index contributed by atoms with van der Waals surface area (Å²) in [5.74, 6) is 2.52. The van der Waals surface area contributed by atoms with Crippen molar-refractivity contribution in [2.75, 3.05) is 18.5 Å². The van der Waals surface area contributed by atoms with Crippen molar-refractivity contribution in [1.29, 1.82) is 0 Å². The van der Waals surface area contributed by atoms with E-state index in [-0.39, 0.29) is 0 Å². The van der Waals surface area contributed by atoms with Crippen molar-refractivity contribution in [3.05, 3.63) is 40.6 Å². The van der Waals surface area contributed by atoms with Crippen LogP contribution >= 0.6 is 15.9 Å². The smallest absolute Gasteiger partial charge is 0.224 e. The molecule has 0 fully saturated rings. The van der Waals surface area contributed by atoms with Crippen LogP contribution in [0.3, 0.4) is 0 Å². The zero-order chi connectivity index (χ0) is 15.1. The molecule has 1 N–H and O–H groups in total. The third-order valence-electron chi connectivity index (χ3n) is 2.59. The lowest BCUT2D eigenvalue weighted by Crippen LogP contribution is -2.06. The van der Waals surface area contributed by atoms with E-state index < -0.39 is 0 Å². The first-order valence-electron chi connectivity index (χ1n) is 6.85. The van der Waals surface area contributed by atoms with Crippen molar-refractivity contribution in [3.63, 3.8) is 0 Å². The van der Waals surface area contributed by atoms with Gasteiger partial charge in [0.2, 0.25) is 5.88 Å². The summed E-state index contributed by atoms with van der Waals surface area (Å²) in [6.45, 7) is 5.71. The summed E-state index contributed by atoms with van der Waals surface area (Å²) >= 11 is 3.45. The molecule has 0 radical (unpaired) electrons. The van der Waals surface area contributed by atoms with Crippen LogP contribution in [0.1, 0.15) is 19.7 Å². The number of anilines is 1. The van der Waals surface area contributed by atoms with Gasteiger partial charge in [-0.25, -0.2) is 4.98 Å². The molecule has 2 rings (SSSR count). The average Bonchev–Trinajstić information content (AvgIpc) is 2.48. The van der Waals surface area contributed by atoms with Crippen molar-refractivity contribution >= 4 is 21.7 Å². The molecule has 0 unspecified atom stereocenters. The molecule has 1 heterocycles. The Hall–Kier alpha value is -1.66. The topological polar surface area (TPSA) is 56.3 Å². The number of rotatable bonds is 7. The average molecular weight is 352 g/mol. The van der Waals surface area contributed by atoms with Gasteiger partial charge >= 0.3 is 0 Å². The van der Waals surface area contributed by atoms with E-state index in [2.05, 4.69) is 31.2 Å². The Balaban J connectivity index is 2.24. The van der Waals surface area contributed by atoms with Crippen LogP contribution in [0.4, 0.5) is 5.82 Å². The minimum atomic E-state index is 0.363. The zero-order valence-electron chi connectivity index (χ0n) is 12.1. The lowest BCUT2D eigenvalue weighted by molar-refractivity contribution is 0.128. The molecule has 5 nitrogen and oxygen atoms in total. The third-order valence-corrected chi connectivity index (χ3v) is 3.25. The summed E-state index contributed by atoms with van der Waals surface area (Å²) in [6, 6.07) is 9.41. The fraction of sp³-hybridized carbons (Fsp3) is 0.333. The number of benzene rings is 1. The fourth-order valence-corrected chi connectivity index (χ4v) is 2.06. The third kappa shape index (κ3) is 4.68. The van der Waals surface area contributed by atoms with Gasteiger partial charge in [0.15, 0.2) is 5.82 Å². The van der Waals surface area contributed by atoms with E-state index in [9.17, 15) is 0 Å². The van der Waals surface area contributed by atoms with Crippen LogP contribution < -0.4 is 10.1 Å². The molecule has 2 aromatic rings. The van der Waals surface area contributed by atoms with Gasteiger partial charge in [-0.05, 0) is 41.9 Å². The van der Waals surface area contributed by atoms with E-state index in [0.29, 0.717) is 30.7 Å². The Labute approximate surface area is 132 Å². The first-order chi connectivity index (χ1) is 10.2. The van der Waals surface area contributed by atoms with E-state index >= 15 is 0 Å². The molecule has 0 aliphatic heterocycles. The summed E-state index contributed by atoms with van der Waals surface area (Å²) in [6.07, 6.45) is 0. The van der Waals surface area contributed by atoms with Crippen LogP contribution in [0.15, 0.2) is 34.8 Å². The minimum Gasteiger partial charge on any atom is -0.438 e. The highest BCUT2D eigenvalue weighted by Gasteiger charge is 2.08. The molecule has 0 aliphatic rings. The number of para-hydroxylation sites is 1. The van der Waals surface area contributed by atoms with Crippen LogP contribution in [0.2, 0.25) is 0 Å². The lowest BCUT2D eigenvalue weighted by atomic mass is 10.3. The maximum absolute atomic E-state index is 5.82. The van der Waals surface area contributed by atoms with Gasteiger partial charge in [0.05, 0.1) is 4.47 Å². The monoisotopic (exact) mass is 351 g/mol. The first kappa shape index (κ1) is 15.7. The van der Waals surface area contributed by atoms with Gasteiger partial charge in [-0.2, -0.15) is 4.98 Å². The highest BCUT2D eigenvalue weighted by atomic mass is 79.9. The standard InChI is InChI=1S/C15H18BrN3O2/c1-3-17-13-9-15(19-14(18-13)10-20-4-2)21-12-8-6-5-7-11(12)16/h5-9H,3-4,10H2,1-2H3,(H,17,18,19). The fourth-order valence-electron chi connectivity index (χ4n) is 1.69. The van der Waals surface area contributed by atoms with E-state index in [1.54, 1.807) is 6.07 Å². The largest absolute Gasteiger partial charge is 0.438 e. The van der Waals surface area contributed by atoms with Crippen molar-refractivity contribution in [2.24, 2.45) is 0 Å². The van der Waals surface area contributed by atoms with Crippen LogP contribution in [-0.4, -0.2) is 23.1 Å². The Kier molecular flexibility index (Phi) is 5.95. The predicted molar refractivity (Wildman–Crippen MR) is 85.7 cm³/mol. The number of hydrogen-bond donors (Lipinski definition) is 1. The molecule has 1 aromatic carbocycles. The number of hydrogen-bond acceptors (Lipinski definition) is 5. The second kappa shape index (κ2) is 7.95. The Morgan fingerprint density at radius 2 is 2.00 bits per heavy atom. The van der Waals surface area contributed by atoms with E-state index in [1.165, 1.54) is 0 Å². The molecular formula is C15H18BrN3O2. The molecular weight excluding hydrogens is 334 g/mol. The molecule has 1 aromatic heterocycles. The van der Waals surface area contributed by atoms with Gasteiger partial charge in [0.25, 0.3) is 0 Å². The van der Waals surface area contributed by atoms with Crippen molar-refractivity contribution in [2.45, 2.75) is 20.5 Å². The quantitative estimate of drug-likeness (QED) is 0.816. The number of nitrogens with zero attached hydrogens (tertiary/aromatic N) is 2. The first-order valence-corrected chi connectivity index (χ1v) is 7.64. The van der Waals surface area contributed by atoms with Crippen LogP contribution in [0.25, 0.3) is 0 Å². The molecule has 0 saturated carbocycles. The van der Waals surface area contributed by atoms with Gasteiger partial charge in [0.1, 0.15) is 18.2 Å². The van der Waals surface area contributed by atoms with E-state index in [0.717, 1.165) is 16.8 Å². The molecule has 21 heavy (non-hydrogen) atoms. The highest BCUT2D eigenvalue weighted by Crippen LogP contribution is 2.29. The number of halogens is 1. The van der Waals surface area contributed by atoms with E-state index in [1.807, 2.05) is 38.1 Å². The highest BCUT2D eigenvalue weighted by molar-refractivity contribution is 9.10. The molecule has 0 bridgehead atoms. The van der Waals surface area contributed by atoms with Gasteiger partial charge < -0.3 is 14.8 Å². The van der Waals surface area contributed by atoms with Gasteiger partial charge in [-0.15, -0.1) is 0 Å². The molecule has 0 spiro atoms. The Morgan fingerprint density at radius 1 is 1.19 bits per heavy atom. The van der Waals surface area contributed by atoms with Crippen molar-refractivity contribution < 1.29 is 9.47 Å². The molecule has 112 valence electrons. The number of nitrogens with one attached hydrogen (secondary N) is 1. The lowest BCUT2D eigenvalue weighted by Gasteiger charge is -2.10. The SMILES string of the molecule is CCNc1cc(Oc2ccccc2Br)nc(COCC)n1. The van der Waals surface area contributed by atoms with Crippen LogP contribution in [-0.2, 0) is 11.3 Å². The normalized spacial score (nSPS) is 10.4. The second-order valence-corrected chi connectivity index (χ2v) is 5.06.